The Morgan fingerprint density at radius 3 is 2.43 bits per heavy atom. The third-order valence-electron chi connectivity index (χ3n) is 7.49. The van der Waals surface area contributed by atoms with Gasteiger partial charge in [0.15, 0.2) is 0 Å². The molecule has 176 valence electrons. The van der Waals surface area contributed by atoms with E-state index in [1.807, 2.05) is 32.3 Å². The van der Waals surface area contributed by atoms with E-state index in [1.54, 1.807) is 0 Å². The quantitative estimate of drug-likeness (QED) is 0.272. The van der Waals surface area contributed by atoms with Crippen molar-refractivity contribution in [1.82, 2.24) is 19.7 Å². The molecule has 35 heavy (non-hydrogen) atoms. The van der Waals surface area contributed by atoms with Crippen LogP contribution in [0.15, 0.2) is 71.6 Å². The summed E-state index contributed by atoms with van der Waals surface area (Å²) in [6.07, 6.45) is 11.2. The van der Waals surface area contributed by atoms with Crippen LogP contribution in [0.2, 0.25) is 0 Å². The number of fused-ring (bicyclic) bond motifs is 1. The summed E-state index contributed by atoms with van der Waals surface area (Å²) < 4.78 is 7.92. The molecule has 1 aliphatic carbocycles. The molecule has 5 aromatic rings. The van der Waals surface area contributed by atoms with Gasteiger partial charge < -0.3 is 9.09 Å². The van der Waals surface area contributed by atoms with Gasteiger partial charge in [0.1, 0.15) is 5.76 Å². The summed E-state index contributed by atoms with van der Waals surface area (Å²) in [6.45, 7) is 6.08. The second-order valence-electron chi connectivity index (χ2n) is 9.85. The molecule has 1 saturated carbocycles. The van der Waals surface area contributed by atoms with Crippen molar-refractivity contribution in [2.24, 2.45) is 5.92 Å². The van der Waals surface area contributed by atoms with Crippen LogP contribution < -0.4 is 0 Å². The van der Waals surface area contributed by atoms with Gasteiger partial charge >= 0.3 is 0 Å². The normalized spacial score (nSPS) is 15.2. The smallest absolute Gasteiger partial charge is 0.141 e. The number of pyridine rings is 2. The second kappa shape index (κ2) is 8.81. The third-order valence-corrected chi connectivity index (χ3v) is 7.49. The molecule has 0 spiro atoms. The van der Waals surface area contributed by atoms with E-state index in [0.717, 1.165) is 44.9 Å². The summed E-state index contributed by atoms with van der Waals surface area (Å²) in [7, 11) is 0. The molecule has 1 atom stereocenters. The van der Waals surface area contributed by atoms with Crippen LogP contribution in [0, 0.1) is 26.7 Å². The summed E-state index contributed by atoms with van der Waals surface area (Å²) in [6, 6.07) is 17.4. The van der Waals surface area contributed by atoms with Gasteiger partial charge in [-0.05, 0) is 63.3 Å². The lowest BCUT2D eigenvalue weighted by molar-refractivity contribution is 0.386. The molecule has 4 heterocycles. The molecule has 0 bridgehead atoms. The number of benzene rings is 1. The first-order valence-electron chi connectivity index (χ1n) is 12.5. The third kappa shape index (κ3) is 3.85. The van der Waals surface area contributed by atoms with Crippen LogP contribution in [0.3, 0.4) is 0 Å². The maximum atomic E-state index is 5.48. The van der Waals surface area contributed by atoms with E-state index in [1.165, 1.54) is 36.8 Å². The lowest BCUT2D eigenvalue weighted by atomic mass is 9.94. The van der Waals surface area contributed by atoms with Crippen molar-refractivity contribution < 1.29 is 4.52 Å². The number of hydrogen-bond donors (Lipinski definition) is 0. The molecule has 1 fully saturated rings. The number of aryl methyl sites for hydroxylation is 3. The summed E-state index contributed by atoms with van der Waals surface area (Å²) in [5.41, 5.74) is 9.81. The predicted octanol–water partition coefficient (Wildman–Crippen LogP) is 7.46. The number of rotatable bonds is 5. The molecular formula is C30H30N4O. The monoisotopic (exact) mass is 462 g/mol. The van der Waals surface area contributed by atoms with Gasteiger partial charge in [-0.15, -0.1) is 0 Å². The minimum absolute atomic E-state index is 0.169. The highest BCUT2D eigenvalue weighted by atomic mass is 16.5. The molecule has 0 unspecified atom stereocenters. The molecule has 0 radical (unpaired) electrons. The highest BCUT2D eigenvalue weighted by molar-refractivity contribution is 5.95. The van der Waals surface area contributed by atoms with Gasteiger partial charge in [0.05, 0.1) is 28.5 Å². The van der Waals surface area contributed by atoms with Gasteiger partial charge in [0.2, 0.25) is 0 Å². The van der Waals surface area contributed by atoms with E-state index in [9.17, 15) is 0 Å². The number of nitrogens with zero attached hydrogens (tertiary/aromatic N) is 4. The second-order valence-corrected chi connectivity index (χ2v) is 9.85. The maximum absolute atomic E-state index is 5.48. The van der Waals surface area contributed by atoms with E-state index in [2.05, 4.69) is 65.3 Å². The predicted molar refractivity (Wildman–Crippen MR) is 139 cm³/mol. The van der Waals surface area contributed by atoms with E-state index in [0.29, 0.717) is 5.92 Å². The molecule has 0 N–H and O–H groups in total. The van der Waals surface area contributed by atoms with Gasteiger partial charge in [0, 0.05) is 35.3 Å². The van der Waals surface area contributed by atoms with Crippen molar-refractivity contribution in [2.75, 3.05) is 0 Å². The zero-order valence-corrected chi connectivity index (χ0v) is 20.5. The van der Waals surface area contributed by atoms with Gasteiger partial charge in [0.25, 0.3) is 0 Å². The molecule has 4 aromatic heterocycles. The number of hydrogen-bond acceptors (Lipinski definition) is 4. The van der Waals surface area contributed by atoms with Crippen molar-refractivity contribution in [1.29, 1.82) is 0 Å². The van der Waals surface area contributed by atoms with Crippen LogP contribution in [0.1, 0.15) is 54.4 Å². The molecular weight excluding hydrogens is 432 g/mol. The fourth-order valence-corrected chi connectivity index (χ4v) is 5.77. The lowest BCUT2D eigenvalue weighted by Crippen LogP contribution is -2.19. The van der Waals surface area contributed by atoms with Crippen molar-refractivity contribution in [3.05, 3.63) is 89.8 Å². The Morgan fingerprint density at radius 1 is 0.943 bits per heavy atom. The van der Waals surface area contributed by atoms with Gasteiger partial charge in [-0.3, -0.25) is 9.97 Å². The first-order valence-corrected chi connectivity index (χ1v) is 12.5. The van der Waals surface area contributed by atoms with Crippen LogP contribution in [0.25, 0.3) is 33.3 Å². The Balaban J connectivity index is 1.61. The van der Waals surface area contributed by atoms with Gasteiger partial charge in [-0.25, -0.2) is 0 Å². The highest BCUT2D eigenvalue weighted by Crippen LogP contribution is 2.42. The van der Waals surface area contributed by atoms with E-state index in [4.69, 9.17) is 14.5 Å². The Labute approximate surface area is 205 Å². The molecule has 5 nitrogen and oxygen atoms in total. The zero-order chi connectivity index (χ0) is 23.9. The van der Waals surface area contributed by atoms with E-state index in [-0.39, 0.29) is 6.04 Å². The number of aromatic nitrogens is 4. The summed E-state index contributed by atoms with van der Waals surface area (Å²) >= 11 is 0. The summed E-state index contributed by atoms with van der Waals surface area (Å²) in [5.74, 6) is 1.37. The molecule has 6 rings (SSSR count). The molecule has 0 amide bonds. The Hall–Kier alpha value is -3.73. The molecule has 5 heteroatoms. The molecule has 0 saturated heterocycles. The lowest BCUT2D eigenvalue weighted by Gasteiger charge is -2.26. The zero-order valence-electron chi connectivity index (χ0n) is 20.5. The van der Waals surface area contributed by atoms with E-state index < -0.39 is 0 Å². The van der Waals surface area contributed by atoms with Crippen molar-refractivity contribution in [3.63, 3.8) is 0 Å². The topological polar surface area (TPSA) is 56.7 Å². The van der Waals surface area contributed by atoms with Gasteiger partial charge in [-0.1, -0.05) is 53.9 Å². The standard InChI is InChI=1S/C30H30N4O/c1-19-11-13-22(14-12-19)25-18-34(30(23-8-4-5-9-23)26-10-6-7-15-31-26)27-16-24(17-32-29(25)27)28-20(2)33-35-21(28)3/h6-7,10-18,23,30H,4-5,8-9H2,1-3H3/t30-/m0/s1. The first kappa shape index (κ1) is 21.8. The molecule has 1 aromatic carbocycles. The van der Waals surface area contributed by atoms with Crippen LogP contribution in [-0.4, -0.2) is 19.7 Å². The fourth-order valence-electron chi connectivity index (χ4n) is 5.77. The Morgan fingerprint density at radius 2 is 1.74 bits per heavy atom. The fraction of sp³-hybridized carbons (Fsp3) is 0.300. The molecule has 1 aliphatic rings. The Bertz CT molecular complexity index is 1460. The largest absolute Gasteiger partial charge is 0.361 e. The SMILES string of the molecule is Cc1ccc(-c2cn([C@H](c3ccccn3)C3CCCC3)c3cc(-c4c(C)noc4C)cnc23)cc1. The Kier molecular flexibility index (Phi) is 5.48. The van der Waals surface area contributed by atoms with Crippen LogP contribution in [0.5, 0.6) is 0 Å². The van der Waals surface area contributed by atoms with E-state index >= 15 is 0 Å². The minimum atomic E-state index is 0.169. The van der Waals surface area contributed by atoms with Crippen molar-refractivity contribution >= 4 is 11.0 Å². The van der Waals surface area contributed by atoms with Crippen molar-refractivity contribution in [3.8, 4) is 22.3 Å². The first-order chi connectivity index (χ1) is 17.1. The summed E-state index contributed by atoms with van der Waals surface area (Å²) in [5, 5.41) is 4.18. The average Bonchev–Trinajstić information content (AvgIpc) is 3.61. The van der Waals surface area contributed by atoms with Crippen LogP contribution >= 0.6 is 0 Å². The maximum Gasteiger partial charge on any atom is 0.141 e. The van der Waals surface area contributed by atoms with Crippen LogP contribution in [-0.2, 0) is 0 Å². The minimum Gasteiger partial charge on any atom is -0.361 e. The van der Waals surface area contributed by atoms with Gasteiger partial charge in [-0.2, -0.15) is 0 Å². The molecule has 0 aliphatic heterocycles. The average molecular weight is 463 g/mol. The summed E-state index contributed by atoms with van der Waals surface area (Å²) in [4.78, 5) is 9.87. The van der Waals surface area contributed by atoms with Crippen LogP contribution in [0.4, 0.5) is 0 Å². The van der Waals surface area contributed by atoms with Crippen molar-refractivity contribution in [2.45, 2.75) is 52.5 Å². The highest BCUT2D eigenvalue weighted by Gasteiger charge is 2.31.